The van der Waals surface area contributed by atoms with Crippen molar-refractivity contribution in [3.63, 3.8) is 0 Å². The van der Waals surface area contributed by atoms with Crippen LogP contribution in [0.15, 0.2) is 35.7 Å². The lowest BCUT2D eigenvalue weighted by Crippen LogP contribution is -2.49. The molecule has 1 aromatic carbocycles. The minimum atomic E-state index is -0.356. The number of para-hydroxylation sites is 1. The minimum Gasteiger partial charge on any atom is -0.462 e. The maximum Gasteiger partial charge on any atom is 0.341 e. The normalized spacial score (nSPS) is 16.4. The first kappa shape index (κ1) is 22.5. The number of tetrazole rings is 1. The van der Waals surface area contributed by atoms with Gasteiger partial charge in [0, 0.05) is 26.2 Å². The molecular weight excluding hydrogens is 454 g/mol. The van der Waals surface area contributed by atoms with Crippen LogP contribution in [-0.2, 0) is 9.53 Å². The van der Waals surface area contributed by atoms with Gasteiger partial charge in [0.05, 0.1) is 24.4 Å². The molecule has 1 aliphatic heterocycles. The molecular formula is C23H27N7O3S. The molecule has 11 heteroatoms. The summed E-state index contributed by atoms with van der Waals surface area (Å²) in [4.78, 5) is 29.6. The topological polar surface area (TPSA) is 105 Å². The third kappa shape index (κ3) is 4.80. The van der Waals surface area contributed by atoms with E-state index in [1.807, 2.05) is 35.7 Å². The molecule has 0 atom stereocenters. The molecule has 5 rings (SSSR count). The van der Waals surface area contributed by atoms with Gasteiger partial charge in [-0.15, -0.1) is 11.3 Å². The van der Waals surface area contributed by atoms with Gasteiger partial charge in [0.1, 0.15) is 5.00 Å². The monoisotopic (exact) mass is 481 g/mol. The van der Waals surface area contributed by atoms with Crippen molar-refractivity contribution in [2.24, 2.45) is 0 Å². The fraction of sp³-hybridized carbons (Fsp3) is 0.435. The van der Waals surface area contributed by atoms with Crippen LogP contribution < -0.4 is 10.2 Å². The van der Waals surface area contributed by atoms with E-state index in [9.17, 15) is 9.59 Å². The Morgan fingerprint density at radius 3 is 2.62 bits per heavy atom. The Labute approximate surface area is 201 Å². The van der Waals surface area contributed by atoms with E-state index >= 15 is 0 Å². The van der Waals surface area contributed by atoms with Gasteiger partial charge >= 0.3 is 5.97 Å². The number of hydrogen-bond acceptors (Lipinski definition) is 9. The van der Waals surface area contributed by atoms with E-state index in [4.69, 9.17) is 4.74 Å². The Morgan fingerprint density at radius 1 is 1.15 bits per heavy atom. The van der Waals surface area contributed by atoms with Crippen LogP contribution in [0.4, 0.5) is 10.9 Å². The minimum absolute atomic E-state index is 0.127. The SMILES string of the molecule is CCOC(=O)c1c(C2CC2)csc1NC(=O)CN1CCN(c2nnnn2-c2ccccc2)CC1. The van der Waals surface area contributed by atoms with Crippen LogP contribution in [-0.4, -0.2) is 76.3 Å². The largest absolute Gasteiger partial charge is 0.462 e. The summed E-state index contributed by atoms with van der Waals surface area (Å²) in [6.07, 6.45) is 2.16. The Bertz CT molecular complexity index is 1150. The molecule has 10 nitrogen and oxygen atoms in total. The van der Waals surface area contributed by atoms with Gasteiger partial charge in [-0.1, -0.05) is 23.3 Å². The van der Waals surface area contributed by atoms with Gasteiger partial charge in [-0.3, -0.25) is 9.69 Å². The maximum absolute atomic E-state index is 12.8. The molecule has 1 saturated carbocycles. The molecule has 0 spiro atoms. The number of esters is 1. The van der Waals surface area contributed by atoms with Crippen LogP contribution in [0.2, 0.25) is 0 Å². The average Bonchev–Trinajstić information content (AvgIpc) is 3.42. The quantitative estimate of drug-likeness (QED) is 0.490. The molecule has 1 N–H and O–H groups in total. The fourth-order valence-electron chi connectivity index (χ4n) is 4.16. The highest BCUT2D eigenvalue weighted by atomic mass is 32.1. The lowest BCUT2D eigenvalue weighted by Gasteiger charge is -2.34. The number of carbonyl (C=O) groups is 2. The fourth-order valence-corrected chi connectivity index (χ4v) is 5.21. The van der Waals surface area contributed by atoms with Gasteiger partial charge in [-0.2, -0.15) is 4.68 Å². The van der Waals surface area contributed by atoms with E-state index in [0.717, 1.165) is 24.1 Å². The van der Waals surface area contributed by atoms with E-state index in [1.165, 1.54) is 11.3 Å². The number of anilines is 2. The van der Waals surface area contributed by atoms with Crippen LogP contribution in [0.5, 0.6) is 0 Å². The van der Waals surface area contributed by atoms with Crippen molar-refractivity contribution in [3.05, 3.63) is 46.8 Å². The number of hydrogen-bond donors (Lipinski definition) is 1. The number of ether oxygens (including phenoxy) is 1. The molecule has 178 valence electrons. The predicted octanol–water partition coefficient (Wildman–Crippen LogP) is 2.54. The molecule has 0 radical (unpaired) electrons. The van der Waals surface area contributed by atoms with Crippen LogP contribution in [0.1, 0.15) is 41.6 Å². The molecule has 2 fully saturated rings. The molecule has 1 amide bonds. The number of rotatable bonds is 8. The maximum atomic E-state index is 12.8. The van der Waals surface area contributed by atoms with Crippen LogP contribution in [0, 0.1) is 0 Å². The first-order valence-corrected chi connectivity index (χ1v) is 12.4. The number of thiophene rings is 1. The summed E-state index contributed by atoms with van der Waals surface area (Å²) in [6, 6.07) is 9.78. The Morgan fingerprint density at radius 2 is 1.91 bits per heavy atom. The molecule has 0 unspecified atom stereocenters. The van der Waals surface area contributed by atoms with Crippen LogP contribution >= 0.6 is 11.3 Å². The number of nitrogens with zero attached hydrogens (tertiary/aromatic N) is 6. The van der Waals surface area contributed by atoms with Gasteiger partial charge in [-0.05, 0) is 59.2 Å². The van der Waals surface area contributed by atoms with Crippen molar-refractivity contribution in [1.82, 2.24) is 25.1 Å². The smallest absolute Gasteiger partial charge is 0.341 e. The highest BCUT2D eigenvalue weighted by Gasteiger charge is 2.32. The van der Waals surface area contributed by atoms with Gasteiger partial charge < -0.3 is 15.0 Å². The summed E-state index contributed by atoms with van der Waals surface area (Å²) in [6.45, 7) is 5.19. The van der Waals surface area contributed by atoms with Gasteiger partial charge in [0.2, 0.25) is 11.9 Å². The summed E-state index contributed by atoms with van der Waals surface area (Å²) >= 11 is 1.40. The second kappa shape index (κ2) is 9.90. The first-order chi connectivity index (χ1) is 16.6. The number of aromatic nitrogens is 4. The standard InChI is InChI=1S/C23H27N7O3S/c1-2-33-22(32)20-18(16-8-9-16)15-34-21(20)24-19(31)14-28-10-12-29(13-11-28)23-25-26-27-30(23)17-6-4-3-5-7-17/h3-7,15-16H,2,8-14H2,1H3,(H,24,31). The second-order valence-corrected chi connectivity index (χ2v) is 9.31. The van der Waals surface area contributed by atoms with E-state index in [1.54, 1.807) is 11.6 Å². The first-order valence-electron chi connectivity index (χ1n) is 11.5. The third-order valence-electron chi connectivity index (χ3n) is 6.05. The molecule has 0 bridgehead atoms. The van der Waals surface area contributed by atoms with Crippen molar-refractivity contribution in [1.29, 1.82) is 0 Å². The summed E-state index contributed by atoms with van der Waals surface area (Å²) in [7, 11) is 0. The molecule has 2 aliphatic rings. The lowest BCUT2D eigenvalue weighted by atomic mass is 10.1. The van der Waals surface area contributed by atoms with Crippen molar-refractivity contribution in [2.45, 2.75) is 25.7 Å². The number of piperazine rings is 1. The summed E-state index contributed by atoms with van der Waals surface area (Å²) in [5.74, 6) is 0.616. The molecule has 2 aromatic heterocycles. The zero-order valence-corrected chi connectivity index (χ0v) is 19.8. The van der Waals surface area contributed by atoms with E-state index < -0.39 is 0 Å². The second-order valence-electron chi connectivity index (χ2n) is 8.43. The highest BCUT2D eigenvalue weighted by molar-refractivity contribution is 7.15. The van der Waals surface area contributed by atoms with Crippen molar-refractivity contribution >= 4 is 34.2 Å². The number of nitrogens with one attached hydrogen (secondary N) is 1. The summed E-state index contributed by atoms with van der Waals surface area (Å²) in [5, 5.41) is 17.7. The lowest BCUT2D eigenvalue weighted by molar-refractivity contribution is -0.117. The average molecular weight is 482 g/mol. The van der Waals surface area contributed by atoms with Gasteiger partial charge in [0.15, 0.2) is 0 Å². The Kier molecular flexibility index (Phi) is 6.54. The van der Waals surface area contributed by atoms with Crippen molar-refractivity contribution in [2.75, 3.05) is 49.5 Å². The summed E-state index contributed by atoms with van der Waals surface area (Å²) < 4.78 is 6.98. The van der Waals surface area contributed by atoms with Crippen LogP contribution in [0.25, 0.3) is 5.69 Å². The summed E-state index contributed by atoms with van der Waals surface area (Å²) in [5.41, 5.74) is 2.44. The third-order valence-corrected chi connectivity index (χ3v) is 6.96. The Balaban J connectivity index is 1.19. The zero-order chi connectivity index (χ0) is 23.5. The van der Waals surface area contributed by atoms with Gasteiger partial charge in [0.25, 0.3) is 0 Å². The van der Waals surface area contributed by atoms with Crippen LogP contribution in [0.3, 0.4) is 0 Å². The predicted molar refractivity (Wildman–Crippen MR) is 129 cm³/mol. The number of benzene rings is 1. The van der Waals surface area contributed by atoms with Crippen molar-refractivity contribution < 1.29 is 14.3 Å². The molecule has 3 aromatic rings. The molecule has 1 saturated heterocycles. The molecule has 3 heterocycles. The van der Waals surface area contributed by atoms with Crippen molar-refractivity contribution in [3.8, 4) is 5.69 Å². The molecule has 1 aliphatic carbocycles. The van der Waals surface area contributed by atoms with E-state index in [-0.39, 0.29) is 18.4 Å². The van der Waals surface area contributed by atoms with E-state index in [0.29, 0.717) is 55.2 Å². The highest BCUT2D eigenvalue weighted by Crippen LogP contribution is 2.46. The Hall–Kier alpha value is -3.31. The van der Waals surface area contributed by atoms with E-state index in [2.05, 4.69) is 30.6 Å². The molecule has 34 heavy (non-hydrogen) atoms. The number of amides is 1. The zero-order valence-electron chi connectivity index (χ0n) is 19.0. The number of carbonyl (C=O) groups excluding carboxylic acids is 2. The van der Waals surface area contributed by atoms with Gasteiger partial charge in [-0.25, -0.2) is 4.79 Å².